The van der Waals surface area contributed by atoms with E-state index < -0.39 is 6.43 Å². The fraction of sp³-hybridized carbons (Fsp3) is 0.692. The monoisotopic (exact) mass is 242 g/mol. The molecule has 96 valence electrons. The standard InChI is InChI=1S/C13H20F2N2/c1-2-6-16-13(10-3-4-10)11-5-7-17(8-11)9-12(14)15/h5,7-8,10,12-13,16H,2-4,6,9H2,1H3. The van der Waals surface area contributed by atoms with Crippen molar-refractivity contribution < 1.29 is 8.78 Å². The lowest BCUT2D eigenvalue weighted by Crippen LogP contribution is -2.23. The topological polar surface area (TPSA) is 17.0 Å². The van der Waals surface area contributed by atoms with Crippen LogP contribution in [0.25, 0.3) is 0 Å². The quantitative estimate of drug-likeness (QED) is 0.777. The Morgan fingerprint density at radius 1 is 1.47 bits per heavy atom. The van der Waals surface area contributed by atoms with Gasteiger partial charge in [-0.15, -0.1) is 0 Å². The molecule has 0 aromatic carbocycles. The van der Waals surface area contributed by atoms with E-state index in [0.29, 0.717) is 12.0 Å². The average molecular weight is 242 g/mol. The molecule has 2 rings (SSSR count). The molecule has 17 heavy (non-hydrogen) atoms. The summed E-state index contributed by atoms with van der Waals surface area (Å²) in [6, 6.07) is 2.32. The Bertz CT molecular complexity index is 345. The Kier molecular flexibility index (Phi) is 4.15. The third kappa shape index (κ3) is 3.53. The number of nitrogens with one attached hydrogen (secondary N) is 1. The molecule has 0 spiro atoms. The Hall–Kier alpha value is -0.900. The Morgan fingerprint density at radius 2 is 2.24 bits per heavy atom. The maximum Gasteiger partial charge on any atom is 0.256 e. The number of hydrogen-bond donors (Lipinski definition) is 1. The van der Waals surface area contributed by atoms with Crippen molar-refractivity contribution >= 4 is 0 Å². The van der Waals surface area contributed by atoms with Crippen molar-refractivity contribution in [2.24, 2.45) is 5.92 Å². The van der Waals surface area contributed by atoms with Gasteiger partial charge < -0.3 is 9.88 Å². The molecule has 2 nitrogen and oxygen atoms in total. The van der Waals surface area contributed by atoms with Gasteiger partial charge in [0.1, 0.15) is 0 Å². The van der Waals surface area contributed by atoms with Crippen LogP contribution < -0.4 is 5.32 Å². The number of aromatic nitrogens is 1. The van der Waals surface area contributed by atoms with Gasteiger partial charge in [0.2, 0.25) is 0 Å². The lowest BCUT2D eigenvalue weighted by molar-refractivity contribution is 0.126. The van der Waals surface area contributed by atoms with Crippen LogP contribution in [-0.2, 0) is 6.54 Å². The lowest BCUT2D eigenvalue weighted by atomic mass is 10.1. The van der Waals surface area contributed by atoms with Crippen molar-refractivity contribution in [1.29, 1.82) is 0 Å². The molecule has 0 radical (unpaired) electrons. The summed E-state index contributed by atoms with van der Waals surface area (Å²) in [6.45, 7) is 2.92. The molecule has 1 fully saturated rings. The highest BCUT2D eigenvalue weighted by Gasteiger charge is 2.32. The van der Waals surface area contributed by atoms with Crippen LogP contribution in [0.4, 0.5) is 8.78 Å². The van der Waals surface area contributed by atoms with Crippen molar-refractivity contribution in [3.63, 3.8) is 0 Å². The van der Waals surface area contributed by atoms with Gasteiger partial charge in [0.05, 0.1) is 6.54 Å². The minimum Gasteiger partial charge on any atom is -0.348 e. The molecule has 1 heterocycles. The minimum absolute atomic E-state index is 0.203. The number of alkyl halides is 2. The van der Waals surface area contributed by atoms with Crippen LogP contribution in [0.5, 0.6) is 0 Å². The van der Waals surface area contributed by atoms with Crippen LogP contribution in [0.3, 0.4) is 0 Å². The summed E-state index contributed by atoms with van der Waals surface area (Å²) < 4.78 is 26.1. The largest absolute Gasteiger partial charge is 0.348 e. The number of halogens is 2. The van der Waals surface area contributed by atoms with Gasteiger partial charge in [-0.1, -0.05) is 6.92 Å². The summed E-state index contributed by atoms with van der Waals surface area (Å²) in [6.07, 6.45) is 4.93. The average Bonchev–Trinajstić information content (AvgIpc) is 3.00. The van der Waals surface area contributed by atoms with E-state index in [1.807, 2.05) is 12.3 Å². The van der Waals surface area contributed by atoms with Gasteiger partial charge in [0.15, 0.2) is 0 Å². The number of rotatable bonds is 7. The van der Waals surface area contributed by atoms with Gasteiger partial charge in [-0.05, 0) is 43.4 Å². The second-order valence-corrected chi connectivity index (χ2v) is 4.80. The number of hydrogen-bond acceptors (Lipinski definition) is 1. The molecule has 1 unspecified atom stereocenters. The molecule has 4 heteroatoms. The van der Waals surface area contributed by atoms with E-state index in [4.69, 9.17) is 0 Å². The maximum atomic E-state index is 12.3. The SMILES string of the molecule is CCCNC(c1ccn(CC(F)F)c1)C1CC1. The van der Waals surface area contributed by atoms with Crippen LogP contribution in [-0.4, -0.2) is 17.5 Å². The first kappa shape index (κ1) is 12.6. The van der Waals surface area contributed by atoms with Gasteiger partial charge in [0.25, 0.3) is 6.43 Å². The fourth-order valence-corrected chi connectivity index (χ4v) is 2.20. The van der Waals surface area contributed by atoms with Gasteiger partial charge in [0, 0.05) is 18.4 Å². The molecule has 1 atom stereocenters. The molecule has 0 bridgehead atoms. The Labute approximate surface area is 101 Å². The molecule has 1 N–H and O–H groups in total. The molecule has 0 amide bonds. The zero-order valence-corrected chi connectivity index (χ0v) is 10.2. The maximum absolute atomic E-state index is 12.3. The van der Waals surface area contributed by atoms with E-state index in [2.05, 4.69) is 12.2 Å². The van der Waals surface area contributed by atoms with Gasteiger partial charge in [-0.25, -0.2) is 8.78 Å². The summed E-state index contributed by atoms with van der Waals surface area (Å²) in [5.41, 5.74) is 1.15. The van der Waals surface area contributed by atoms with Crippen LogP contribution in [0.15, 0.2) is 18.5 Å². The van der Waals surface area contributed by atoms with Crippen LogP contribution in [0.1, 0.15) is 37.8 Å². The van der Waals surface area contributed by atoms with Crippen LogP contribution >= 0.6 is 0 Å². The van der Waals surface area contributed by atoms with E-state index in [1.165, 1.54) is 12.8 Å². The normalized spacial score (nSPS) is 17.6. The van der Waals surface area contributed by atoms with Gasteiger partial charge in [-0.2, -0.15) is 0 Å². The molecule has 0 aliphatic heterocycles. The molecule has 1 aromatic rings. The van der Waals surface area contributed by atoms with E-state index in [-0.39, 0.29) is 6.54 Å². The third-order valence-corrected chi connectivity index (χ3v) is 3.19. The van der Waals surface area contributed by atoms with Gasteiger partial charge >= 0.3 is 0 Å². The van der Waals surface area contributed by atoms with Crippen molar-refractivity contribution in [3.8, 4) is 0 Å². The fourth-order valence-electron chi connectivity index (χ4n) is 2.20. The van der Waals surface area contributed by atoms with E-state index >= 15 is 0 Å². The highest BCUT2D eigenvalue weighted by molar-refractivity contribution is 5.18. The minimum atomic E-state index is -2.28. The molecular weight excluding hydrogens is 222 g/mol. The number of nitrogens with zero attached hydrogens (tertiary/aromatic N) is 1. The highest BCUT2D eigenvalue weighted by atomic mass is 19.3. The second kappa shape index (κ2) is 5.63. The zero-order chi connectivity index (χ0) is 12.3. The highest BCUT2D eigenvalue weighted by Crippen LogP contribution is 2.41. The summed E-state index contributed by atoms with van der Waals surface area (Å²) in [5.74, 6) is 0.698. The van der Waals surface area contributed by atoms with Crippen molar-refractivity contribution in [2.45, 2.75) is 45.2 Å². The van der Waals surface area contributed by atoms with Gasteiger partial charge in [-0.3, -0.25) is 0 Å². The van der Waals surface area contributed by atoms with E-state index in [1.54, 1.807) is 10.8 Å². The summed E-state index contributed by atoms with van der Waals surface area (Å²) >= 11 is 0. The summed E-state index contributed by atoms with van der Waals surface area (Å²) in [4.78, 5) is 0. The summed E-state index contributed by atoms with van der Waals surface area (Å²) in [5, 5.41) is 3.51. The van der Waals surface area contributed by atoms with Crippen molar-refractivity contribution in [3.05, 3.63) is 24.0 Å². The Morgan fingerprint density at radius 3 is 2.82 bits per heavy atom. The molecular formula is C13H20F2N2. The van der Waals surface area contributed by atoms with Crippen LogP contribution in [0.2, 0.25) is 0 Å². The predicted molar refractivity (Wildman–Crippen MR) is 64.2 cm³/mol. The van der Waals surface area contributed by atoms with Crippen molar-refractivity contribution in [2.75, 3.05) is 6.54 Å². The molecule has 1 saturated carbocycles. The second-order valence-electron chi connectivity index (χ2n) is 4.80. The molecule has 1 aromatic heterocycles. The first-order valence-corrected chi connectivity index (χ1v) is 6.38. The molecule has 1 aliphatic carbocycles. The van der Waals surface area contributed by atoms with E-state index in [9.17, 15) is 8.78 Å². The summed E-state index contributed by atoms with van der Waals surface area (Å²) in [7, 11) is 0. The zero-order valence-electron chi connectivity index (χ0n) is 10.2. The first-order chi connectivity index (χ1) is 8.20. The van der Waals surface area contributed by atoms with Crippen LogP contribution in [0, 0.1) is 5.92 Å². The first-order valence-electron chi connectivity index (χ1n) is 6.38. The predicted octanol–water partition coefficient (Wildman–Crippen LogP) is 3.20. The smallest absolute Gasteiger partial charge is 0.256 e. The molecule has 1 aliphatic rings. The third-order valence-electron chi connectivity index (χ3n) is 3.19. The lowest BCUT2D eigenvalue weighted by Gasteiger charge is -2.16. The Balaban J connectivity index is 1.99. The molecule has 0 saturated heterocycles. The van der Waals surface area contributed by atoms with Crippen molar-refractivity contribution in [1.82, 2.24) is 9.88 Å². The van der Waals surface area contributed by atoms with E-state index in [0.717, 1.165) is 18.5 Å².